The van der Waals surface area contributed by atoms with Crippen molar-refractivity contribution in [3.8, 4) is 0 Å². The fourth-order valence-corrected chi connectivity index (χ4v) is 1.03. The molecule has 0 aromatic heterocycles. The Bertz CT molecular complexity index is 129. The Morgan fingerprint density at radius 3 is 2.11 bits per heavy atom. The van der Waals surface area contributed by atoms with Crippen LogP contribution in [0.5, 0.6) is 0 Å². The molecule has 0 radical (unpaired) electrons. The van der Waals surface area contributed by atoms with E-state index in [-0.39, 0.29) is 0 Å². The highest BCUT2D eigenvalue weighted by molar-refractivity contribution is 5.83. The molecule has 1 aliphatic carbocycles. The van der Waals surface area contributed by atoms with E-state index in [1.165, 1.54) is 6.42 Å². The van der Waals surface area contributed by atoms with Crippen LogP contribution in [0.25, 0.3) is 0 Å². The first kappa shape index (κ1) is 6.59. The van der Waals surface area contributed by atoms with E-state index in [1.807, 2.05) is 19.0 Å². The second-order valence-corrected chi connectivity index (χ2v) is 3.10. The van der Waals surface area contributed by atoms with E-state index in [0.29, 0.717) is 5.92 Å². The van der Waals surface area contributed by atoms with Crippen molar-refractivity contribution in [2.45, 2.75) is 13.3 Å². The van der Waals surface area contributed by atoms with E-state index in [0.717, 1.165) is 11.8 Å². The summed E-state index contributed by atoms with van der Waals surface area (Å²) in [5.74, 6) is 2.13. The van der Waals surface area contributed by atoms with Crippen LogP contribution in [0.15, 0.2) is 0 Å². The van der Waals surface area contributed by atoms with Gasteiger partial charge < -0.3 is 4.90 Å². The fraction of sp³-hybridized carbons (Fsp3) is 0.857. The monoisotopic (exact) mass is 126 g/mol. The molecule has 9 heavy (non-hydrogen) atoms. The molecule has 0 bridgehead atoms. The highest BCUT2D eigenvalue weighted by Crippen LogP contribution is 2.38. The summed E-state index contributed by atoms with van der Waals surface area (Å²) in [5, 5.41) is 7.52. The van der Waals surface area contributed by atoms with Gasteiger partial charge in [0.1, 0.15) is 0 Å². The number of nitrogens with zero attached hydrogens (tertiary/aromatic N) is 1. The van der Waals surface area contributed by atoms with Gasteiger partial charge in [0.05, 0.1) is 5.84 Å². The molecule has 0 aliphatic heterocycles. The van der Waals surface area contributed by atoms with E-state index in [9.17, 15) is 0 Å². The lowest BCUT2D eigenvalue weighted by atomic mass is 10.3. The molecule has 0 spiro atoms. The minimum atomic E-state index is 0.569. The quantitative estimate of drug-likeness (QED) is 0.414. The third-order valence-electron chi connectivity index (χ3n) is 1.94. The van der Waals surface area contributed by atoms with Crippen LogP contribution >= 0.6 is 0 Å². The van der Waals surface area contributed by atoms with Gasteiger partial charge in [-0.25, -0.2) is 0 Å². The van der Waals surface area contributed by atoms with Crippen molar-refractivity contribution in [2.75, 3.05) is 14.1 Å². The van der Waals surface area contributed by atoms with E-state index in [1.54, 1.807) is 0 Å². The Morgan fingerprint density at radius 1 is 1.56 bits per heavy atom. The smallest absolute Gasteiger partial charge is 0.0987 e. The molecule has 1 rings (SSSR count). The molecule has 2 heteroatoms. The van der Waals surface area contributed by atoms with Gasteiger partial charge in [0, 0.05) is 20.0 Å². The SMILES string of the molecule is CC1CC1C(=N)N(C)C. The standard InChI is InChI=1S/C7H14N2/c1-5-4-6(5)7(8)9(2)3/h5-6,8H,4H2,1-3H3. The average Bonchev–Trinajstić information content (AvgIpc) is 2.44. The molecule has 0 saturated heterocycles. The van der Waals surface area contributed by atoms with Crippen molar-refractivity contribution < 1.29 is 0 Å². The van der Waals surface area contributed by atoms with Crippen LogP contribution in [-0.2, 0) is 0 Å². The van der Waals surface area contributed by atoms with Gasteiger partial charge in [0.25, 0.3) is 0 Å². The first-order chi connectivity index (χ1) is 4.13. The predicted octanol–water partition coefficient (Wildman–Crippen LogP) is 1.18. The summed E-state index contributed by atoms with van der Waals surface area (Å²) in [6.45, 7) is 2.20. The lowest BCUT2D eigenvalue weighted by molar-refractivity contribution is 0.587. The van der Waals surface area contributed by atoms with Crippen LogP contribution in [0.3, 0.4) is 0 Å². The summed E-state index contributed by atoms with van der Waals surface area (Å²) in [4.78, 5) is 1.90. The topological polar surface area (TPSA) is 27.1 Å². The number of amidine groups is 1. The van der Waals surface area contributed by atoms with Gasteiger partial charge in [-0.1, -0.05) is 6.92 Å². The lowest BCUT2D eigenvalue weighted by Crippen LogP contribution is -2.22. The minimum absolute atomic E-state index is 0.569. The molecule has 1 aliphatic rings. The van der Waals surface area contributed by atoms with Gasteiger partial charge in [-0.05, 0) is 12.3 Å². The lowest BCUT2D eigenvalue weighted by Gasteiger charge is -2.12. The predicted molar refractivity (Wildman–Crippen MR) is 38.7 cm³/mol. The normalized spacial score (nSPS) is 31.9. The van der Waals surface area contributed by atoms with E-state index in [2.05, 4.69) is 6.92 Å². The molecule has 1 fully saturated rings. The van der Waals surface area contributed by atoms with Crippen molar-refractivity contribution >= 4 is 5.84 Å². The van der Waals surface area contributed by atoms with Crippen LogP contribution in [0, 0.1) is 17.2 Å². The molecular weight excluding hydrogens is 112 g/mol. The zero-order chi connectivity index (χ0) is 7.02. The molecule has 1 saturated carbocycles. The molecule has 0 aromatic rings. The zero-order valence-corrected chi connectivity index (χ0v) is 6.31. The minimum Gasteiger partial charge on any atom is -0.366 e. The molecular formula is C7H14N2. The molecule has 2 unspecified atom stereocenters. The molecule has 0 aromatic carbocycles. The Hall–Kier alpha value is -0.530. The molecule has 0 heterocycles. The fourth-order valence-electron chi connectivity index (χ4n) is 1.03. The van der Waals surface area contributed by atoms with Crippen molar-refractivity contribution in [3.63, 3.8) is 0 Å². The second kappa shape index (κ2) is 2.01. The Labute approximate surface area is 56.4 Å². The highest BCUT2D eigenvalue weighted by Gasteiger charge is 2.37. The summed E-state index contributed by atoms with van der Waals surface area (Å²) in [6, 6.07) is 0. The van der Waals surface area contributed by atoms with Crippen LogP contribution in [-0.4, -0.2) is 24.8 Å². The number of nitrogens with one attached hydrogen (secondary N) is 1. The Morgan fingerprint density at radius 2 is 2.00 bits per heavy atom. The van der Waals surface area contributed by atoms with Crippen molar-refractivity contribution in [1.82, 2.24) is 4.90 Å². The maximum atomic E-state index is 7.52. The van der Waals surface area contributed by atoms with Gasteiger partial charge in [-0.2, -0.15) is 0 Å². The summed E-state index contributed by atoms with van der Waals surface area (Å²) in [6.07, 6.45) is 1.22. The van der Waals surface area contributed by atoms with E-state index in [4.69, 9.17) is 5.41 Å². The molecule has 0 amide bonds. The van der Waals surface area contributed by atoms with E-state index >= 15 is 0 Å². The zero-order valence-electron chi connectivity index (χ0n) is 6.31. The summed E-state index contributed by atoms with van der Waals surface area (Å²) in [7, 11) is 3.88. The van der Waals surface area contributed by atoms with Crippen LogP contribution in [0.1, 0.15) is 13.3 Å². The summed E-state index contributed by atoms with van der Waals surface area (Å²) < 4.78 is 0. The number of hydrogen-bond acceptors (Lipinski definition) is 1. The third-order valence-corrected chi connectivity index (χ3v) is 1.94. The van der Waals surface area contributed by atoms with Crippen LogP contribution in [0.4, 0.5) is 0 Å². The number of hydrogen-bond donors (Lipinski definition) is 1. The number of rotatable bonds is 1. The Kier molecular flexibility index (Phi) is 1.47. The Balaban J connectivity index is 2.36. The molecule has 52 valence electrons. The molecule has 1 N–H and O–H groups in total. The first-order valence-corrected chi connectivity index (χ1v) is 3.38. The van der Waals surface area contributed by atoms with Crippen molar-refractivity contribution in [3.05, 3.63) is 0 Å². The summed E-state index contributed by atoms with van der Waals surface area (Å²) in [5.41, 5.74) is 0. The largest absolute Gasteiger partial charge is 0.366 e. The third kappa shape index (κ3) is 1.23. The van der Waals surface area contributed by atoms with E-state index < -0.39 is 0 Å². The van der Waals surface area contributed by atoms with Crippen LogP contribution in [0.2, 0.25) is 0 Å². The van der Waals surface area contributed by atoms with Gasteiger partial charge in [0.2, 0.25) is 0 Å². The highest BCUT2D eigenvalue weighted by atomic mass is 15.1. The first-order valence-electron chi connectivity index (χ1n) is 3.38. The second-order valence-electron chi connectivity index (χ2n) is 3.10. The van der Waals surface area contributed by atoms with Crippen molar-refractivity contribution in [2.24, 2.45) is 11.8 Å². The summed E-state index contributed by atoms with van der Waals surface area (Å²) >= 11 is 0. The van der Waals surface area contributed by atoms with Gasteiger partial charge in [-0.3, -0.25) is 5.41 Å². The average molecular weight is 126 g/mol. The van der Waals surface area contributed by atoms with Crippen LogP contribution < -0.4 is 0 Å². The van der Waals surface area contributed by atoms with Crippen molar-refractivity contribution in [1.29, 1.82) is 5.41 Å². The maximum absolute atomic E-state index is 7.52. The van der Waals surface area contributed by atoms with Gasteiger partial charge in [0.15, 0.2) is 0 Å². The molecule has 2 atom stereocenters. The maximum Gasteiger partial charge on any atom is 0.0987 e. The van der Waals surface area contributed by atoms with Gasteiger partial charge in [-0.15, -0.1) is 0 Å². The molecule has 2 nitrogen and oxygen atoms in total. The van der Waals surface area contributed by atoms with Gasteiger partial charge >= 0.3 is 0 Å².